The SMILES string of the molecule is CNS(=O)(=O)N1CCCN(CCCCCN)CC1. The van der Waals surface area contributed by atoms with Crippen LogP contribution < -0.4 is 10.5 Å². The van der Waals surface area contributed by atoms with E-state index in [0.717, 1.165) is 51.9 Å². The maximum atomic E-state index is 11.7. The Labute approximate surface area is 111 Å². The monoisotopic (exact) mass is 278 g/mol. The van der Waals surface area contributed by atoms with Gasteiger partial charge >= 0.3 is 0 Å². The van der Waals surface area contributed by atoms with Crippen molar-refractivity contribution in [3.63, 3.8) is 0 Å². The van der Waals surface area contributed by atoms with Crippen LogP contribution in [0.15, 0.2) is 0 Å². The smallest absolute Gasteiger partial charge is 0.279 e. The Morgan fingerprint density at radius 1 is 1.11 bits per heavy atom. The van der Waals surface area contributed by atoms with E-state index in [1.54, 1.807) is 0 Å². The van der Waals surface area contributed by atoms with Gasteiger partial charge in [0.25, 0.3) is 10.2 Å². The standard InChI is InChI=1S/C11H26N4O2S/c1-13-18(16,17)15-9-5-8-14(10-11-15)7-4-2-3-6-12/h13H,2-12H2,1H3. The summed E-state index contributed by atoms with van der Waals surface area (Å²) in [6, 6.07) is 0. The van der Waals surface area contributed by atoms with E-state index in [-0.39, 0.29) is 0 Å². The molecule has 0 bridgehead atoms. The zero-order valence-electron chi connectivity index (χ0n) is 11.3. The number of nitrogens with one attached hydrogen (secondary N) is 1. The summed E-state index contributed by atoms with van der Waals surface area (Å²) in [4.78, 5) is 2.35. The molecular weight excluding hydrogens is 252 g/mol. The van der Waals surface area contributed by atoms with Gasteiger partial charge in [0.15, 0.2) is 0 Å². The van der Waals surface area contributed by atoms with Crippen LogP contribution in [0, 0.1) is 0 Å². The Balaban J connectivity index is 2.33. The van der Waals surface area contributed by atoms with Gasteiger partial charge in [-0.3, -0.25) is 0 Å². The third kappa shape index (κ3) is 5.19. The number of hydrogen-bond donors (Lipinski definition) is 2. The van der Waals surface area contributed by atoms with Gasteiger partial charge in [0.05, 0.1) is 0 Å². The van der Waals surface area contributed by atoms with E-state index in [9.17, 15) is 8.42 Å². The Morgan fingerprint density at radius 3 is 2.56 bits per heavy atom. The minimum absolute atomic E-state index is 0.583. The summed E-state index contributed by atoms with van der Waals surface area (Å²) in [7, 11) is -1.79. The summed E-state index contributed by atoms with van der Waals surface area (Å²) < 4.78 is 27.3. The Kier molecular flexibility index (Phi) is 7.10. The molecule has 0 atom stereocenters. The molecule has 0 unspecified atom stereocenters. The highest BCUT2D eigenvalue weighted by atomic mass is 32.2. The molecular formula is C11H26N4O2S. The third-order valence-electron chi connectivity index (χ3n) is 3.32. The normalized spacial score (nSPS) is 19.9. The van der Waals surface area contributed by atoms with Crippen LogP contribution in [0.3, 0.4) is 0 Å². The van der Waals surface area contributed by atoms with E-state index in [0.29, 0.717) is 13.1 Å². The van der Waals surface area contributed by atoms with Crippen LogP contribution in [-0.4, -0.2) is 63.9 Å². The lowest BCUT2D eigenvalue weighted by Crippen LogP contribution is -2.41. The van der Waals surface area contributed by atoms with Gasteiger partial charge < -0.3 is 10.6 Å². The van der Waals surface area contributed by atoms with Crippen LogP contribution in [-0.2, 0) is 10.2 Å². The molecule has 0 spiro atoms. The summed E-state index contributed by atoms with van der Waals surface area (Å²) in [5, 5.41) is 0. The van der Waals surface area contributed by atoms with E-state index < -0.39 is 10.2 Å². The summed E-state index contributed by atoms with van der Waals surface area (Å²) in [5.41, 5.74) is 5.46. The van der Waals surface area contributed by atoms with Crippen molar-refractivity contribution in [2.75, 3.05) is 46.3 Å². The molecule has 0 aliphatic carbocycles. The molecule has 1 rings (SSSR count). The Hall–Kier alpha value is -0.210. The zero-order chi connectivity index (χ0) is 13.4. The maximum Gasteiger partial charge on any atom is 0.279 e. The first-order valence-electron chi connectivity index (χ1n) is 6.71. The van der Waals surface area contributed by atoms with E-state index >= 15 is 0 Å². The lowest BCUT2D eigenvalue weighted by molar-refractivity contribution is 0.279. The Morgan fingerprint density at radius 2 is 1.89 bits per heavy atom. The molecule has 1 aliphatic rings. The quantitative estimate of drug-likeness (QED) is 0.620. The molecule has 1 saturated heterocycles. The largest absolute Gasteiger partial charge is 0.330 e. The molecule has 1 heterocycles. The van der Waals surface area contributed by atoms with Gasteiger partial charge in [-0.2, -0.15) is 12.7 Å². The molecule has 0 aromatic rings. The molecule has 0 amide bonds. The summed E-state index contributed by atoms with van der Waals surface area (Å²) in [6.45, 7) is 4.81. The van der Waals surface area contributed by atoms with E-state index in [1.165, 1.54) is 11.4 Å². The predicted molar refractivity (Wildman–Crippen MR) is 73.5 cm³/mol. The third-order valence-corrected chi connectivity index (χ3v) is 4.88. The van der Waals surface area contributed by atoms with E-state index in [4.69, 9.17) is 5.73 Å². The molecule has 7 heteroatoms. The van der Waals surface area contributed by atoms with Crippen molar-refractivity contribution in [2.45, 2.75) is 25.7 Å². The van der Waals surface area contributed by atoms with E-state index in [1.807, 2.05) is 0 Å². The summed E-state index contributed by atoms with van der Waals surface area (Å²) in [6.07, 6.45) is 4.29. The first kappa shape index (κ1) is 15.8. The van der Waals surface area contributed by atoms with Gasteiger partial charge in [0, 0.05) is 26.7 Å². The summed E-state index contributed by atoms with van der Waals surface area (Å²) in [5.74, 6) is 0. The van der Waals surface area contributed by atoms with Gasteiger partial charge in [-0.25, -0.2) is 4.72 Å². The van der Waals surface area contributed by atoms with Crippen LogP contribution in [0.2, 0.25) is 0 Å². The maximum absolute atomic E-state index is 11.7. The molecule has 6 nitrogen and oxygen atoms in total. The van der Waals surface area contributed by atoms with Crippen molar-refractivity contribution in [3.05, 3.63) is 0 Å². The second kappa shape index (κ2) is 8.06. The lowest BCUT2D eigenvalue weighted by Gasteiger charge is -2.21. The van der Waals surface area contributed by atoms with Crippen LogP contribution in [0.25, 0.3) is 0 Å². The van der Waals surface area contributed by atoms with Crippen molar-refractivity contribution in [1.82, 2.24) is 13.9 Å². The minimum atomic E-state index is -3.26. The van der Waals surface area contributed by atoms with Crippen molar-refractivity contribution >= 4 is 10.2 Å². The average molecular weight is 278 g/mol. The molecule has 0 radical (unpaired) electrons. The highest BCUT2D eigenvalue weighted by molar-refractivity contribution is 7.87. The highest BCUT2D eigenvalue weighted by Gasteiger charge is 2.23. The van der Waals surface area contributed by atoms with Crippen LogP contribution >= 0.6 is 0 Å². The fourth-order valence-corrected chi connectivity index (χ4v) is 3.15. The van der Waals surface area contributed by atoms with Crippen LogP contribution in [0.5, 0.6) is 0 Å². The molecule has 108 valence electrons. The van der Waals surface area contributed by atoms with Crippen molar-refractivity contribution < 1.29 is 8.42 Å². The number of nitrogens with two attached hydrogens (primary N) is 1. The van der Waals surface area contributed by atoms with Gasteiger partial charge in [0.2, 0.25) is 0 Å². The molecule has 3 N–H and O–H groups in total. The first-order chi connectivity index (χ1) is 8.60. The first-order valence-corrected chi connectivity index (χ1v) is 8.15. The predicted octanol–water partition coefficient (Wildman–Crippen LogP) is -0.413. The fourth-order valence-electron chi connectivity index (χ4n) is 2.20. The number of nitrogens with zero attached hydrogens (tertiary/aromatic N) is 2. The van der Waals surface area contributed by atoms with Gasteiger partial charge in [-0.05, 0) is 38.9 Å². The molecule has 18 heavy (non-hydrogen) atoms. The fraction of sp³-hybridized carbons (Fsp3) is 1.00. The number of hydrogen-bond acceptors (Lipinski definition) is 4. The number of rotatable bonds is 7. The van der Waals surface area contributed by atoms with Crippen molar-refractivity contribution in [2.24, 2.45) is 5.73 Å². The molecule has 0 aromatic heterocycles. The van der Waals surface area contributed by atoms with Gasteiger partial charge in [-0.1, -0.05) is 6.42 Å². The second-order valence-corrected chi connectivity index (χ2v) is 6.53. The van der Waals surface area contributed by atoms with E-state index in [2.05, 4.69) is 9.62 Å². The van der Waals surface area contributed by atoms with Gasteiger partial charge in [0.1, 0.15) is 0 Å². The van der Waals surface area contributed by atoms with Crippen LogP contribution in [0.1, 0.15) is 25.7 Å². The molecule has 0 aromatic carbocycles. The second-order valence-electron chi connectivity index (χ2n) is 4.65. The minimum Gasteiger partial charge on any atom is -0.330 e. The van der Waals surface area contributed by atoms with Gasteiger partial charge in [-0.15, -0.1) is 0 Å². The molecule has 1 aliphatic heterocycles. The average Bonchev–Trinajstić information content (AvgIpc) is 2.60. The highest BCUT2D eigenvalue weighted by Crippen LogP contribution is 2.08. The van der Waals surface area contributed by atoms with Crippen molar-refractivity contribution in [3.8, 4) is 0 Å². The number of unbranched alkanes of at least 4 members (excludes halogenated alkanes) is 2. The zero-order valence-corrected chi connectivity index (χ0v) is 12.1. The lowest BCUT2D eigenvalue weighted by atomic mass is 10.2. The summed E-state index contributed by atoms with van der Waals surface area (Å²) >= 11 is 0. The van der Waals surface area contributed by atoms with Crippen molar-refractivity contribution in [1.29, 1.82) is 0 Å². The van der Waals surface area contributed by atoms with Crippen LogP contribution in [0.4, 0.5) is 0 Å². The molecule has 1 fully saturated rings. The topological polar surface area (TPSA) is 78.7 Å². The molecule has 0 saturated carbocycles. The Bertz CT molecular complexity index is 321.